The summed E-state index contributed by atoms with van der Waals surface area (Å²) < 4.78 is 0. The van der Waals surface area contributed by atoms with Crippen molar-refractivity contribution in [3.8, 4) is 0 Å². The van der Waals surface area contributed by atoms with Crippen LogP contribution >= 0.6 is 0 Å². The predicted octanol–water partition coefficient (Wildman–Crippen LogP) is 4.25. The predicted molar refractivity (Wildman–Crippen MR) is 70.9 cm³/mol. The summed E-state index contributed by atoms with van der Waals surface area (Å²) in [5, 5.41) is 8.36. The molecule has 2 aromatic carbocycles. The zero-order valence-corrected chi connectivity index (χ0v) is 9.80. The summed E-state index contributed by atoms with van der Waals surface area (Å²) in [5.74, 6) is 0. The van der Waals surface area contributed by atoms with E-state index in [2.05, 4.69) is 17.2 Å². The lowest BCUT2D eigenvalue weighted by Crippen LogP contribution is -1.91. The van der Waals surface area contributed by atoms with E-state index in [1.165, 1.54) is 0 Å². The molecule has 0 saturated heterocycles. The minimum absolute atomic E-state index is 0.811. The monoisotopic (exact) mass is 225 g/mol. The van der Waals surface area contributed by atoms with Gasteiger partial charge in [0.15, 0.2) is 0 Å². The van der Waals surface area contributed by atoms with Crippen molar-refractivity contribution < 1.29 is 0 Å². The van der Waals surface area contributed by atoms with Crippen molar-refractivity contribution in [1.29, 1.82) is 0 Å². The summed E-state index contributed by atoms with van der Waals surface area (Å²) in [6.07, 6.45) is 0.903. The maximum absolute atomic E-state index is 5.83. The fraction of sp³-hybridized carbons (Fsp3) is 0.143. The Balaban J connectivity index is 2.22. The molecule has 0 aliphatic carbocycles. The fourth-order valence-electron chi connectivity index (χ4n) is 1.57. The van der Waals surface area contributed by atoms with E-state index < -0.39 is 0 Å². The second kappa shape index (κ2) is 5.25. The van der Waals surface area contributed by atoms with Gasteiger partial charge in [-0.1, -0.05) is 25.1 Å². The van der Waals surface area contributed by atoms with E-state index in [1.807, 2.05) is 48.5 Å². The lowest BCUT2D eigenvalue weighted by atomic mass is 10.1. The van der Waals surface area contributed by atoms with Crippen LogP contribution in [0.25, 0.3) is 0 Å². The normalized spacial score (nSPS) is 10.9. The molecule has 0 atom stereocenters. The maximum atomic E-state index is 5.83. The van der Waals surface area contributed by atoms with Crippen LogP contribution in [0.1, 0.15) is 12.5 Å². The Morgan fingerprint density at radius 1 is 0.941 bits per heavy atom. The first-order chi connectivity index (χ1) is 8.29. The standard InChI is InChI=1S/C14H15N3/c1-2-11-10-13(8-9-14(11)15)17-16-12-6-4-3-5-7-12/h3-10H,2,15H2,1H3. The highest BCUT2D eigenvalue weighted by molar-refractivity contribution is 5.54. The second-order valence-electron chi connectivity index (χ2n) is 3.77. The molecule has 0 spiro atoms. The fourth-order valence-corrected chi connectivity index (χ4v) is 1.57. The number of anilines is 1. The van der Waals surface area contributed by atoms with Crippen LogP contribution in [0.2, 0.25) is 0 Å². The quantitative estimate of drug-likeness (QED) is 0.616. The topological polar surface area (TPSA) is 50.7 Å². The highest BCUT2D eigenvalue weighted by Gasteiger charge is 1.98. The molecule has 0 saturated carbocycles. The summed E-state index contributed by atoms with van der Waals surface area (Å²) in [6.45, 7) is 2.07. The molecular formula is C14H15N3. The molecular weight excluding hydrogens is 210 g/mol. The van der Waals surface area contributed by atoms with Crippen LogP contribution in [0.3, 0.4) is 0 Å². The molecule has 0 heterocycles. The van der Waals surface area contributed by atoms with Gasteiger partial charge in [0.25, 0.3) is 0 Å². The number of aryl methyl sites for hydroxylation is 1. The smallest absolute Gasteiger partial charge is 0.0861 e. The van der Waals surface area contributed by atoms with Crippen LogP contribution in [0.4, 0.5) is 17.1 Å². The van der Waals surface area contributed by atoms with Crippen molar-refractivity contribution in [3.63, 3.8) is 0 Å². The molecule has 0 fully saturated rings. The number of benzene rings is 2. The van der Waals surface area contributed by atoms with Crippen LogP contribution in [0.5, 0.6) is 0 Å². The summed E-state index contributed by atoms with van der Waals surface area (Å²) in [4.78, 5) is 0. The van der Waals surface area contributed by atoms with Crippen molar-refractivity contribution in [1.82, 2.24) is 0 Å². The Kier molecular flexibility index (Phi) is 3.50. The Labute approximate surface area is 101 Å². The average Bonchev–Trinajstić information content (AvgIpc) is 2.39. The average molecular weight is 225 g/mol. The zero-order chi connectivity index (χ0) is 12.1. The number of nitrogen functional groups attached to an aromatic ring is 1. The Bertz CT molecular complexity index is 518. The van der Waals surface area contributed by atoms with Gasteiger partial charge in [0, 0.05) is 5.69 Å². The van der Waals surface area contributed by atoms with Crippen LogP contribution in [0, 0.1) is 0 Å². The third-order valence-electron chi connectivity index (χ3n) is 2.54. The molecule has 0 unspecified atom stereocenters. The van der Waals surface area contributed by atoms with E-state index in [-0.39, 0.29) is 0 Å². The first-order valence-electron chi connectivity index (χ1n) is 5.65. The molecule has 0 aromatic heterocycles. The molecule has 2 N–H and O–H groups in total. The molecule has 2 rings (SSSR count). The van der Waals surface area contributed by atoms with Gasteiger partial charge in [-0.3, -0.25) is 0 Å². The van der Waals surface area contributed by atoms with Crippen molar-refractivity contribution >= 4 is 17.1 Å². The lowest BCUT2D eigenvalue weighted by molar-refractivity contribution is 1.13. The van der Waals surface area contributed by atoms with Gasteiger partial charge in [0.05, 0.1) is 11.4 Å². The van der Waals surface area contributed by atoms with Gasteiger partial charge in [-0.2, -0.15) is 10.2 Å². The van der Waals surface area contributed by atoms with E-state index in [4.69, 9.17) is 5.73 Å². The Hall–Kier alpha value is -2.16. The van der Waals surface area contributed by atoms with Crippen molar-refractivity contribution in [2.45, 2.75) is 13.3 Å². The summed E-state index contributed by atoms with van der Waals surface area (Å²) in [7, 11) is 0. The van der Waals surface area contributed by atoms with E-state index in [0.29, 0.717) is 0 Å². The molecule has 2 aromatic rings. The van der Waals surface area contributed by atoms with Gasteiger partial charge < -0.3 is 5.73 Å². The molecule has 86 valence electrons. The first kappa shape index (κ1) is 11.3. The number of rotatable bonds is 3. The number of hydrogen-bond acceptors (Lipinski definition) is 3. The zero-order valence-electron chi connectivity index (χ0n) is 9.80. The molecule has 0 radical (unpaired) electrons. The minimum atomic E-state index is 0.811. The van der Waals surface area contributed by atoms with Gasteiger partial charge in [-0.15, -0.1) is 0 Å². The molecule has 3 nitrogen and oxygen atoms in total. The van der Waals surface area contributed by atoms with Crippen LogP contribution in [0.15, 0.2) is 58.8 Å². The third-order valence-corrected chi connectivity index (χ3v) is 2.54. The van der Waals surface area contributed by atoms with Gasteiger partial charge in [-0.25, -0.2) is 0 Å². The molecule has 3 heteroatoms. The summed E-state index contributed by atoms with van der Waals surface area (Å²) in [6, 6.07) is 15.4. The van der Waals surface area contributed by atoms with Crippen molar-refractivity contribution in [2.75, 3.05) is 5.73 Å². The number of hydrogen-bond donors (Lipinski definition) is 1. The molecule has 17 heavy (non-hydrogen) atoms. The van der Waals surface area contributed by atoms with E-state index in [9.17, 15) is 0 Å². The summed E-state index contributed by atoms with van der Waals surface area (Å²) >= 11 is 0. The van der Waals surface area contributed by atoms with Crippen molar-refractivity contribution in [2.24, 2.45) is 10.2 Å². The van der Waals surface area contributed by atoms with Gasteiger partial charge in [0.1, 0.15) is 0 Å². The maximum Gasteiger partial charge on any atom is 0.0861 e. The summed E-state index contributed by atoms with van der Waals surface area (Å²) in [5.41, 5.74) is 9.43. The van der Waals surface area contributed by atoms with Gasteiger partial charge >= 0.3 is 0 Å². The molecule has 0 bridgehead atoms. The SMILES string of the molecule is CCc1cc(N=Nc2ccccc2)ccc1N. The highest BCUT2D eigenvalue weighted by atomic mass is 15.1. The largest absolute Gasteiger partial charge is 0.399 e. The van der Waals surface area contributed by atoms with Crippen LogP contribution in [-0.4, -0.2) is 0 Å². The third kappa shape index (κ3) is 2.91. The van der Waals surface area contributed by atoms with Crippen molar-refractivity contribution in [3.05, 3.63) is 54.1 Å². The van der Waals surface area contributed by atoms with E-state index in [1.54, 1.807) is 0 Å². The lowest BCUT2D eigenvalue weighted by Gasteiger charge is -2.02. The number of nitrogens with zero attached hydrogens (tertiary/aromatic N) is 2. The van der Waals surface area contributed by atoms with Gasteiger partial charge in [0.2, 0.25) is 0 Å². The Morgan fingerprint density at radius 2 is 1.65 bits per heavy atom. The Morgan fingerprint density at radius 3 is 2.35 bits per heavy atom. The minimum Gasteiger partial charge on any atom is -0.399 e. The molecule has 0 amide bonds. The second-order valence-corrected chi connectivity index (χ2v) is 3.77. The molecule has 0 aliphatic rings. The number of azo groups is 1. The molecule has 0 aliphatic heterocycles. The number of nitrogens with two attached hydrogens (primary N) is 1. The van der Waals surface area contributed by atoms with Crippen LogP contribution in [-0.2, 0) is 6.42 Å². The van der Waals surface area contributed by atoms with Crippen LogP contribution < -0.4 is 5.73 Å². The first-order valence-corrected chi connectivity index (χ1v) is 5.65. The van der Waals surface area contributed by atoms with Gasteiger partial charge in [-0.05, 0) is 42.3 Å². The highest BCUT2D eigenvalue weighted by Crippen LogP contribution is 2.22. The van der Waals surface area contributed by atoms with E-state index in [0.717, 1.165) is 29.0 Å². The van der Waals surface area contributed by atoms with E-state index >= 15 is 0 Å².